The Hall–Kier alpha value is -3.59. The van der Waals surface area contributed by atoms with Gasteiger partial charge in [-0.25, -0.2) is 18.7 Å². The number of thiazole rings is 1. The Kier molecular flexibility index (Phi) is 5.65. The molecule has 0 bridgehead atoms. The SMILES string of the molecule is Cc1cccc(-n2c(=O)c3sc(N4CCCC4)nc3n(CC(=O)c3ccc(F)cc3)c2=O)c1C. The number of aryl methyl sites for hydroxylation is 1. The van der Waals surface area contributed by atoms with Crippen molar-refractivity contribution in [3.63, 3.8) is 0 Å². The molecule has 0 unspecified atom stereocenters. The zero-order valence-corrected chi connectivity index (χ0v) is 19.7. The van der Waals surface area contributed by atoms with Crippen LogP contribution < -0.4 is 16.1 Å². The Balaban J connectivity index is 1.74. The summed E-state index contributed by atoms with van der Waals surface area (Å²) in [6.45, 7) is 5.14. The quantitative estimate of drug-likeness (QED) is 0.407. The van der Waals surface area contributed by atoms with Crippen LogP contribution in [0.4, 0.5) is 9.52 Å². The summed E-state index contributed by atoms with van der Waals surface area (Å²) in [6, 6.07) is 10.6. The summed E-state index contributed by atoms with van der Waals surface area (Å²) < 4.78 is 16.1. The fraction of sp³-hybridized carbons (Fsp3) is 0.280. The van der Waals surface area contributed by atoms with Gasteiger partial charge in [-0.15, -0.1) is 0 Å². The maximum absolute atomic E-state index is 13.7. The molecule has 34 heavy (non-hydrogen) atoms. The summed E-state index contributed by atoms with van der Waals surface area (Å²) in [5.41, 5.74) is 1.65. The first-order chi connectivity index (χ1) is 16.3. The number of rotatable bonds is 5. The van der Waals surface area contributed by atoms with E-state index in [2.05, 4.69) is 9.88 Å². The first-order valence-electron chi connectivity index (χ1n) is 11.1. The van der Waals surface area contributed by atoms with E-state index in [-0.39, 0.29) is 23.5 Å². The molecule has 7 nitrogen and oxygen atoms in total. The summed E-state index contributed by atoms with van der Waals surface area (Å²) in [5.74, 6) is -0.820. The molecule has 1 aliphatic rings. The van der Waals surface area contributed by atoms with Crippen molar-refractivity contribution >= 4 is 32.6 Å². The first-order valence-corrected chi connectivity index (χ1v) is 11.9. The van der Waals surface area contributed by atoms with E-state index in [1.54, 1.807) is 12.1 Å². The molecule has 0 atom stereocenters. The van der Waals surface area contributed by atoms with Crippen LogP contribution in [0.1, 0.15) is 34.3 Å². The molecule has 2 aromatic heterocycles. The number of fused-ring (bicyclic) bond motifs is 1. The van der Waals surface area contributed by atoms with Crippen molar-refractivity contribution in [3.05, 3.63) is 85.8 Å². The van der Waals surface area contributed by atoms with Gasteiger partial charge in [0.2, 0.25) is 0 Å². The highest BCUT2D eigenvalue weighted by Gasteiger charge is 2.24. The zero-order valence-electron chi connectivity index (χ0n) is 18.9. The molecule has 1 fully saturated rings. The molecule has 3 heterocycles. The highest BCUT2D eigenvalue weighted by atomic mass is 32.1. The molecule has 174 valence electrons. The van der Waals surface area contributed by atoms with Crippen molar-refractivity contribution < 1.29 is 9.18 Å². The maximum atomic E-state index is 13.7. The molecule has 2 aromatic carbocycles. The Morgan fingerprint density at radius 3 is 2.47 bits per heavy atom. The molecule has 9 heteroatoms. The summed E-state index contributed by atoms with van der Waals surface area (Å²) in [4.78, 5) is 47.0. The lowest BCUT2D eigenvalue weighted by molar-refractivity contribution is 0.0971. The first kappa shape index (κ1) is 22.2. The standard InChI is InChI=1S/C25H23FN4O3S/c1-15-6-5-7-19(16(15)2)30-23(32)21-22(27-24(34-21)28-12-3-4-13-28)29(25(30)33)14-20(31)17-8-10-18(26)11-9-17/h5-11H,3-4,12-14H2,1-2H3. The van der Waals surface area contributed by atoms with Crippen LogP contribution in [0.2, 0.25) is 0 Å². The molecular formula is C25H23FN4O3S. The lowest BCUT2D eigenvalue weighted by Gasteiger charge is -2.14. The number of hydrogen-bond acceptors (Lipinski definition) is 6. The number of hydrogen-bond donors (Lipinski definition) is 0. The Bertz CT molecular complexity index is 1530. The van der Waals surface area contributed by atoms with Crippen LogP contribution in [0.5, 0.6) is 0 Å². The van der Waals surface area contributed by atoms with Crippen LogP contribution in [0.25, 0.3) is 16.0 Å². The predicted molar refractivity (Wildman–Crippen MR) is 131 cm³/mol. The van der Waals surface area contributed by atoms with Crippen LogP contribution >= 0.6 is 11.3 Å². The van der Waals surface area contributed by atoms with Gasteiger partial charge >= 0.3 is 5.69 Å². The number of halogens is 1. The summed E-state index contributed by atoms with van der Waals surface area (Å²) in [6.07, 6.45) is 2.08. The van der Waals surface area contributed by atoms with Crippen LogP contribution in [-0.4, -0.2) is 33.0 Å². The lowest BCUT2D eigenvalue weighted by Crippen LogP contribution is -2.40. The van der Waals surface area contributed by atoms with Crippen LogP contribution in [0.3, 0.4) is 0 Å². The van der Waals surface area contributed by atoms with E-state index in [1.807, 2.05) is 19.9 Å². The van der Waals surface area contributed by atoms with Gasteiger partial charge in [0.25, 0.3) is 5.56 Å². The Morgan fingerprint density at radius 2 is 1.76 bits per heavy atom. The number of nitrogens with zero attached hydrogens (tertiary/aromatic N) is 4. The van der Waals surface area contributed by atoms with Gasteiger partial charge in [-0.2, -0.15) is 0 Å². The molecule has 0 aliphatic carbocycles. The highest BCUT2D eigenvalue weighted by Crippen LogP contribution is 2.29. The zero-order chi connectivity index (χ0) is 24.0. The number of carbonyl (C=O) groups is 1. The van der Waals surface area contributed by atoms with Gasteiger partial charge in [-0.05, 0) is 68.1 Å². The summed E-state index contributed by atoms with van der Waals surface area (Å²) in [7, 11) is 0. The minimum atomic E-state index is -0.625. The third-order valence-electron chi connectivity index (χ3n) is 6.33. The van der Waals surface area contributed by atoms with Crippen molar-refractivity contribution in [2.24, 2.45) is 0 Å². The van der Waals surface area contributed by atoms with Crippen molar-refractivity contribution in [2.75, 3.05) is 18.0 Å². The van der Waals surface area contributed by atoms with Gasteiger partial charge in [-0.3, -0.25) is 14.2 Å². The molecule has 1 saturated heterocycles. The molecule has 0 spiro atoms. The average molecular weight is 479 g/mol. The van der Waals surface area contributed by atoms with Crippen LogP contribution in [0, 0.1) is 19.7 Å². The minimum Gasteiger partial charge on any atom is -0.348 e. The number of ketones is 1. The van der Waals surface area contributed by atoms with E-state index in [0.717, 1.165) is 41.6 Å². The molecule has 0 radical (unpaired) electrons. The van der Waals surface area contributed by atoms with Gasteiger partial charge in [0.15, 0.2) is 16.6 Å². The van der Waals surface area contributed by atoms with Gasteiger partial charge < -0.3 is 4.90 Å². The van der Waals surface area contributed by atoms with Gasteiger partial charge in [0.1, 0.15) is 10.5 Å². The molecule has 0 saturated carbocycles. The van der Waals surface area contributed by atoms with Crippen molar-refractivity contribution in [2.45, 2.75) is 33.2 Å². The van der Waals surface area contributed by atoms with Crippen LogP contribution in [0.15, 0.2) is 52.1 Å². The molecule has 0 amide bonds. The van der Waals surface area contributed by atoms with Crippen molar-refractivity contribution in [1.82, 2.24) is 14.1 Å². The van der Waals surface area contributed by atoms with E-state index in [0.29, 0.717) is 15.5 Å². The van der Waals surface area contributed by atoms with Crippen molar-refractivity contribution in [3.8, 4) is 5.69 Å². The number of carbonyl (C=O) groups excluding carboxylic acids is 1. The van der Waals surface area contributed by atoms with Gasteiger partial charge in [0.05, 0.1) is 12.2 Å². The predicted octanol–water partition coefficient (Wildman–Crippen LogP) is 3.85. The van der Waals surface area contributed by atoms with E-state index in [9.17, 15) is 18.8 Å². The second kappa shape index (κ2) is 8.64. The number of aromatic nitrogens is 3. The average Bonchev–Trinajstić information content (AvgIpc) is 3.50. The Morgan fingerprint density at radius 1 is 1.06 bits per heavy atom. The number of anilines is 1. The lowest BCUT2D eigenvalue weighted by atomic mass is 10.1. The van der Waals surface area contributed by atoms with Gasteiger partial charge in [0, 0.05) is 18.7 Å². The third kappa shape index (κ3) is 3.75. The third-order valence-corrected chi connectivity index (χ3v) is 7.43. The number of benzene rings is 2. The fourth-order valence-corrected chi connectivity index (χ4v) is 5.32. The summed E-state index contributed by atoms with van der Waals surface area (Å²) >= 11 is 1.25. The maximum Gasteiger partial charge on any atom is 0.337 e. The number of Topliss-reactive ketones (excluding diaryl/α,β-unsaturated/α-hetero) is 1. The topological polar surface area (TPSA) is 77.2 Å². The van der Waals surface area contributed by atoms with E-state index in [1.165, 1.54) is 40.2 Å². The molecule has 4 aromatic rings. The molecule has 0 N–H and O–H groups in total. The van der Waals surface area contributed by atoms with E-state index in [4.69, 9.17) is 0 Å². The van der Waals surface area contributed by atoms with E-state index < -0.39 is 17.1 Å². The summed E-state index contributed by atoms with van der Waals surface area (Å²) in [5, 5.41) is 0.672. The smallest absolute Gasteiger partial charge is 0.337 e. The van der Waals surface area contributed by atoms with Gasteiger partial charge in [-0.1, -0.05) is 23.5 Å². The Labute approximate surface area is 198 Å². The molecule has 5 rings (SSSR count). The fourth-order valence-electron chi connectivity index (χ4n) is 4.27. The van der Waals surface area contributed by atoms with Crippen molar-refractivity contribution in [1.29, 1.82) is 0 Å². The molecule has 1 aliphatic heterocycles. The normalized spacial score (nSPS) is 13.7. The minimum absolute atomic E-state index is 0.207. The van der Waals surface area contributed by atoms with E-state index >= 15 is 0 Å². The highest BCUT2D eigenvalue weighted by molar-refractivity contribution is 7.22. The largest absolute Gasteiger partial charge is 0.348 e. The monoisotopic (exact) mass is 478 g/mol. The molecular weight excluding hydrogens is 455 g/mol. The second-order valence-electron chi connectivity index (χ2n) is 8.50. The van der Waals surface area contributed by atoms with Crippen LogP contribution in [-0.2, 0) is 6.54 Å². The second-order valence-corrected chi connectivity index (χ2v) is 9.48.